The second-order valence-corrected chi connectivity index (χ2v) is 5.20. The first-order valence-electron chi connectivity index (χ1n) is 6.95. The average Bonchev–Trinajstić information content (AvgIpc) is 2.76. The average molecular weight is 289 g/mol. The molecule has 0 saturated carbocycles. The molecule has 1 aromatic rings. The van der Waals surface area contributed by atoms with Crippen LogP contribution in [0.2, 0.25) is 0 Å². The molecule has 2 N–H and O–H groups in total. The van der Waals surface area contributed by atoms with Gasteiger partial charge in [0.15, 0.2) is 0 Å². The Labute approximate surface area is 121 Å². The van der Waals surface area contributed by atoms with Crippen molar-refractivity contribution in [3.05, 3.63) is 46.9 Å². The van der Waals surface area contributed by atoms with Gasteiger partial charge in [-0.05, 0) is 24.1 Å². The SMILES string of the molecule is CCCN1CC2=C(C1=O)[C@@H](c1ccc(F)cc1)NC(=O)N2. The maximum absolute atomic E-state index is 13.1. The van der Waals surface area contributed by atoms with Gasteiger partial charge in [-0.3, -0.25) is 4.79 Å². The lowest BCUT2D eigenvalue weighted by atomic mass is 9.96. The Morgan fingerprint density at radius 1 is 1.29 bits per heavy atom. The van der Waals surface area contributed by atoms with Gasteiger partial charge in [0.2, 0.25) is 0 Å². The minimum atomic E-state index is -0.524. The number of carbonyl (C=O) groups excluding carboxylic acids is 2. The van der Waals surface area contributed by atoms with E-state index in [1.54, 1.807) is 17.0 Å². The van der Waals surface area contributed by atoms with Gasteiger partial charge in [0, 0.05) is 6.54 Å². The number of urea groups is 1. The standard InChI is InChI=1S/C15H16FN3O2/c1-2-7-19-8-11-12(14(19)20)13(18-15(21)17-11)9-3-5-10(16)6-4-9/h3-6,13H,2,7-8H2,1H3,(H2,17,18,21)/t13-/m1/s1. The molecule has 21 heavy (non-hydrogen) atoms. The Bertz CT molecular complexity index is 624. The third-order valence-corrected chi connectivity index (χ3v) is 3.72. The summed E-state index contributed by atoms with van der Waals surface area (Å²) in [5, 5.41) is 5.44. The van der Waals surface area contributed by atoms with Crippen LogP contribution < -0.4 is 10.6 Å². The monoisotopic (exact) mass is 289 g/mol. The Morgan fingerprint density at radius 2 is 2.00 bits per heavy atom. The van der Waals surface area contributed by atoms with Crippen molar-refractivity contribution in [2.45, 2.75) is 19.4 Å². The van der Waals surface area contributed by atoms with Crippen molar-refractivity contribution in [1.29, 1.82) is 0 Å². The maximum atomic E-state index is 13.1. The summed E-state index contributed by atoms with van der Waals surface area (Å²) in [6, 6.07) is 4.97. The van der Waals surface area contributed by atoms with Gasteiger partial charge in [-0.2, -0.15) is 0 Å². The van der Waals surface area contributed by atoms with Crippen LogP contribution in [0.15, 0.2) is 35.5 Å². The van der Waals surface area contributed by atoms with E-state index in [0.717, 1.165) is 6.42 Å². The molecule has 0 radical (unpaired) electrons. The lowest BCUT2D eigenvalue weighted by Gasteiger charge is -2.25. The lowest BCUT2D eigenvalue weighted by molar-refractivity contribution is -0.125. The largest absolute Gasteiger partial charge is 0.333 e. The van der Waals surface area contributed by atoms with Crippen molar-refractivity contribution in [1.82, 2.24) is 15.5 Å². The van der Waals surface area contributed by atoms with Crippen LogP contribution in [0.1, 0.15) is 24.9 Å². The highest BCUT2D eigenvalue weighted by atomic mass is 19.1. The number of amides is 3. The molecule has 5 nitrogen and oxygen atoms in total. The van der Waals surface area contributed by atoms with Crippen LogP contribution in [-0.4, -0.2) is 29.9 Å². The summed E-state index contributed by atoms with van der Waals surface area (Å²) in [6.07, 6.45) is 0.856. The fourth-order valence-corrected chi connectivity index (χ4v) is 2.78. The van der Waals surface area contributed by atoms with Crippen molar-refractivity contribution in [2.75, 3.05) is 13.1 Å². The van der Waals surface area contributed by atoms with Gasteiger partial charge in [-0.15, -0.1) is 0 Å². The van der Waals surface area contributed by atoms with Crippen LogP contribution in [0.4, 0.5) is 9.18 Å². The second kappa shape index (κ2) is 5.20. The van der Waals surface area contributed by atoms with Gasteiger partial charge in [-0.1, -0.05) is 19.1 Å². The summed E-state index contributed by atoms with van der Waals surface area (Å²) >= 11 is 0. The smallest absolute Gasteiger partial charge is 0.319 e. The summed E-state index contributed by atoms with van der Waals surface area (Å²) < 4.78 is 13.1. The van der Waals surface area contributed by atoms with Crippen molar-refractivity contribution in [3.8, 4) is 0 Å². The summed E-state index contributed by atoms with van der Waals surface area (Å²) in [6.45, 7) is 3.07. The van der Waals surface area contributed by atoms with Gasteiger partial charge in [0.05, 0.1) is 23.9 Å². The highest BCUT2D eigenvalue weighted by Gasteiger charge is 2.39. The van der Waals surface area contributed by atoms with Gasteiger partial charge in [-0.25, -0.2) is 9.18 Å². The van der Waals surface area contributed by atoms with Crippen LogP contribution in [0.5, 0.6) is 0 Å². The minimum Gasteiger partial charge on any atom is -0.333 e. The van der Waals surface area contributed by atoms with E-state index in [4.69, 9.17) is 0 Å². The fraction of sp³-hybridized carbons (Fsp3) is 0.333. The normalized spacial score (nSPS) is 21.2. The minimum absolute atomic E-state index is 0.0753. The molecule has 2 heterocycles. The van der Waals surface area contributed by atoms with Crippen molar-refractivity contribution < 1.29 is 14.0 Å². The number of hydrogen-bond donors (Lipinski definition) is 2. The van der Waals surface area contributed by atoms with E-state index in [1.165, 1.54) is 12.1 Å². The number of nitrogens with zero attached hydrogens (tertiary/aromatic N) is 1. The number of rotatable bonds is 3. The molecule has 2 aliphatic heterocycles. The van der Waals surface area contributed by atoms with E-state index in [1.807, 2.05) is 6.92 Å². The molecule has 0 saturated heterocycles. The van der Waals surface area contributed by atoms with E-state index >= 15 is 0 Å². The molecule has 3 rings (SSSR count). The third-order valence-electron chi connectivity index (χ3n) is 3.72. The van der Waals surface area contributed by atoms with Crippen LogP contribution >= 0.6 is 0 Å². The van der Waals surface area contributed by atoms with Crippen LogP contribution in [-0.2, 0) is 4.79 Å². The number of nitrogens with one attached hydrogen (secondary N) is 2. The van der Waals surface area contributed by atoms with Crippen molar-refractivity contribution in [3.63, 3.8) is 0 Å². The van der Waals surface area contributed by atoms with E-state index in [9.17, 15) is 14.0 Å². The zero-order valence-electron chi connectivity index (χ0n) is 11.6. The topological polar surface area (TPSA) is 61.4 Å². The highest BCUT2D eigenvalue weighted by molar-refractivity contribution is 6.01. The van der Waals surface area contributed by atoms with E-state index < -0.39 is 6.04 Å². The second-order valence-electron chi connectivity index (χ2n) is 5.20. The predicted molar refractivity (Wildman–Crippen MR) is 74.7 cm³/mol. The van der Waals surface area contributed by atoms with Crippen LogP contribution in [0, 0.1) is 5.82 Å². The van der Waals surface area contributed by atoms with Gasteiger partial charge >= 0.3 is 6.03 Å². The van der Waals surface area contributed by atoms with Crippen LogP contribution in [0.3, 0.4) is 0 Å². The van der Waals surface area contributed by atoms with Crippen molar-refractivity contribution >= 4 is 11.9 Å². The number of halogens is 1. The zero-order chi connectivity index (χ0) is 15.0. The van der Waals surface area contributed by atoms with E-state index in [2.05, 4.69) is 10.6 Å². The third kappa shape index (κ3) is 2.37. The Balaban J connectivity index is 1.96. The van der Waals surface area contributed by atoms with Gasteiger partial charge in [0.25, 0.3) is 5.91 Å². The quantitative estimate of drug-likeness (QED) is 0.889. The Hall–Kier alpha value is -2.37. The molecule has 0 spiro atoms. The summed E-state index contributed by atoms with van der Waals surface area (Å²) in [5.41, 5.74) is 1.90. The summed E-state index contributed by atoms with van der Waals surface area (Å²) in [5.74, 6) is -0.424. The summed E-state index contributed by atoms with van der Waals surface area (Å²) in [7, 11) is 0. The molecular formula is C15H16FN3O2. The predicted octanol–water partition coefficient (Wildman–Crippen LogP) is 1.69. The molecule has 6 heteroatoms. The molecule has 110 valence electrons. The molecule has 1 atom stereocenters. The van der Waals surface area contributed by atoms with E-state index in [0.29, 0.717) is 29.9 Å². The number of carbonyl (C=O) groups is 2. The molecule has 0 aliphatic carbocycles. The Kier molecular flexibility index (Phi) is 3.37. The molecule has 2 aliphatic rings. The number of benzene rings is 1. The molecule has 3 amide bonds. The first-order valence-corrected chi connectivity index (χ1v) is 6.95. The zero-order valence-corrected chi connectivity index (χ0v) is 11.6. The van der Waals surface area contributed by atoms with Gasteiger partial charge in [0.1, 0.15) is 5.82 Å². The molecular weight excluding hydrogens is 273 g/mol. The highest BCUT2D eigenvalue weighted by Crippen LogP contribution is 2.32. The molecule has 0 unspecified atom stereocenters. The first-order chi connectivity index (χ1) is 10.1. The summed E-state index contributed by atoms with van der Waals surface area (Å²) in [4.78, 5) is 26.0. The molecule has 0 aromatic heterocycles. The lowest BCUT2D eigenvalue weighted by Crippen LogP contribution is -2.44. The fourth-order valence-electron chi connectivity index (χ4n) is 2.78. The first kappa shape index (κ1) is 13.6. The van der Waals surface area contributed by atoms with E-state index in [-0.39, 0.29) is 17.8 Å². The maximum Gasteiger partial charge on any atom is 0.319 e. The van der Waals surface area contributed by atoms with Gasteiger partial charge < -0.3 is 15.5 Å². The van der Waals surface area contributed by atoms with Crippen molar-refractivity contribution in [2.24, 2.45) is 0 Å². The Morgan fingerprint density at radius 3 is 2.67 bits per heavy atom. The molecule has 1 aromatic carbocycles. The number of hydrogen-bond acceptors (Lipinski definition) is 2. The molecule has 0 fully saturated rings. The molecule has 0 bridgehead atoms. The van der Waals surface area contributed by atoms with Crippen LogP contribution in [0.25, 0.3) is 0 Å².